The van der Waals surface area contributed by atoms with E-state index in [1.165, 1.54) is 6.92 Å². The van der Waals surface area contributed by atoms with Crippen LogP contribution in [0.4, 0.5) is 13.2 Å². The van der Waals surface area contributed by atoms with Crippen molar-refractivity contribution in [1.82, 2.24) is 4.98 Å². The highest BCUT2D eigenvalue weighted by atomic mass is 28.4. The summed E-state index contributed by atoms with van der Waals surface area (Å²) in [4.78, 5) is 3.93. The number of hydrogen-bond donors (Lipinski definition) is 0. The summed E-state index contributed by atoms with van der Waals surface area (Å²) in [6.45, 7) is 17.6. The fourth-order valence-electron chi connectivity index (χ4n) is 2.52. The summed E-state index contributed by atoms with van der Waals surface area (Å²) in [5.41, 5.74) is -2.35. The molecular formula is C18H31BF3NO4Si. The molecule has 0 N–H and O–H groups in total. The summed E-state index contributed by atoms with van der Waals surface area (Å²) in [5.74, 6) is -3.40. The van der Waals surface area contributed by atoms with Crippen LogP contribution in [-0.4, -0.2) is 38.0 Å². The van der Waals surface area contributed by atoms with Crippen molar-refractivity contribution < 1.29 is 31.3 Å². The molecule has 10 heteroatoms. The molecule has 0 aromatic carbocycles. The Balaban J connectivity index is 2.54. The first-order chi connectivity index (χ1) is 12.3. The first-order valence-electron chi connectivity index (χ1n) is 9.35. The van der Waals surface area contributed by atoms with Gasteiger partial charge in [0, 0.05) is 6.92 Å². The summed E-state index contributed by atoms with van der Waals surface area (Å²) in [5, 5.41) is -0.484. The summed E-state index contributed by atoms with van der Waals surface area (Å²) >= 11 is 0. The number of alkyl halides is 3. The van der Waals surface area contributed by atoms with E-state index < -0.39 is 49.7 Å². The largest absolute Gasteiger partial charge is 0.535 e. The van der Waals surface area contributed by atoms with Crippen molar-refractivity contribution in [3.63, 3.8) is 0 Å². The summed E-state index contributed by atoms with van der Waals surface area (Å²) in [6, 6.07) is 0. The van der Waals surface area contributed by atoms with E-state index in [1.807, 2.05) is 20.8 Å². The molecule has 2 rings (SSSR count). The maximum atomic E-state index is 15.8. The molecule has 1 atom stereocenters. The molecule has 1 saturated heterocycles. The average molecular weight is 421 g/mol. The number of halogens is 3. The molecule has 28 heavy (non-hydrogen) atoms. The number of oxazole rings is 1. The van der Waals surface area contributed by atoms with Gasteiger partial charge in [0.1, 0.15) is 5.69 Å². The molecule has 0 radical (unpaired) electrons. The standard InChI is InChI=1S/C18H31BF3NO4Si/c1-11-23-12(13(24-11)19-25-16(5,6)17(7,8)26-19)18(22,14(20)21)27-28(9,10)15(2,3)4/h14H,1-10H3. The molecule has 160 valence electrons. The van der Waals surface area contributed by atoms with E-state index in [2.05, 4.69) is 4.98 Å². The molecule has 0 amide bonds. The first kappa shape index (κ1) is 23.4. The van der Waals surface area contributed by atoms with Gasteiger partial charge in [0.15, 0.2) is 19.9 Å². The van der Waals surface area contributed by atoms with Gasteiger partial charge in [0.25, 0.3) is 0 Å². The van der Waals surface area contributed by atoms with Crippen LogP contribution in [0.2, 0.25) is 18.1 Å². The Kier molecular flexibility index (Phi) is 5.74. The number of rotatable bonds is 5. The van der Waals surface area contributed by atoms with Gasteiger partial charge < -0.3 is 18.2 Å². The van der Waals surface area contributed by atoms with Crippen molar-refractivity contribution in [2.45, 2.75) is 97.0 Å². The maximum Gasteiger partial charge on any atom is 0.535 e. The van der Waals surface area contributed by atoms with Gasteiger partial charge in [-0.2, -0.15) is 4.39 Å². The average Bonchev–Trinajstić information content (AvgIpc) is 2.95. The SMILES string of the molecule is Cc1nc(C(F)(O[Si](C)(C)C(C)(C)C)C(F)F)c(B2OC(C)(C)C(C)(C)O2)o1. The minimum Gasteiger partial charge on any atom is -0.449 e. The Labute approximate surface area is 166 Å². The van der Waals surface area contributed by atoms with Gasteiger partial charge >= 0.3 is 19.4 Å². The molecule has 0 aliphatic carbocycles. The van der Waals surface area contributed by atoms with Crippen molar-refractivity contribution in [2.75, 3.05) is 0 Å². The zero-order chi connectivity index (χ0) is 21.9. The lowest BCUT2D eigenvalue weighted by molar-refractivity contribution is -0.184. The third-order valence-corrected chi connectivity index (χ3v) is 10.5. The van der Waals surface area contributed by atoms with Gasteiger partial charge in [-0.15, -0.1) is 0 Å². The predicted molar refractivity (Wildman–Crippen MR) is 104 cm³/mol. The second-order valence-electron chi connectivity index (χ2n) is 9.84. The minimum atomic E-state index is -3.47. The van der Waals surface area contributed by atoms with Crippen molar-refractivity contribution in [2.24, 2.45) is 0 Å². The molecule has 1 unspecified atom stereocenters. The topological polar surface area (TPSA) is 53.7 Å². The van der Waals surface area contributed by atoms with E-state index in [9.17, 15) is 8.78 Å². The van der Waals surface area contributed by atoms with Crippen LogP contribution < -0.4 is 5.66 Å². The smallest absolute Gasteiger partial charge is 0.449 e. The molecule has 2 heterocycles. The van der Waals surface area contributed by atoms with Crippen LogP contribution in [0.3, 0.4) is 0 Å². The van der Waals surface area contributed by atoms with Crippen LogP contribution in [0.25, 0.3) is 0 Å². The Bertz CT molecular complexity index is 717. The van der Waals surface area contributed by atoms with Gasteiger partial charge in [-0.3, -0.25) is 0 Å². The molecule has 1 fully saturated rings. The van der Waals surface area contributed by atoms with E-state index in [0.29, 0.717) is 0 Å². The quantitative estimate of drug-likeness (QED) is 0.646. The molecule has 0 bridgehead atoms. The van der Waals surface area contributed by atoms with E-state index in [-0.39, 0.29) is 11.6 Å². The van der Waals surface area contributed by atoms with Crippen molar-refractivity contribution >= 4 is 21.1 Å². The first-order valence-corrected chi connectivity index (χ1v) is 12.3. The van der Waals surface area contributed by atoms with Gasteiger partial charge in [0.2, 0.25) is 0 Å². The number of aromatic nitrogens is 1. The van der Waals surface area contributed by atoms with Crippen molar-refractivity contribution in [3.05, 3.63) is 11.6 Å². The summed E-state index contributed by atoms with van der Waals surface area (Å²) < 4.78 is 66.6. The lowest BCUT2D eigenvalue weighted by atomic mass is 9.83. The van der Waals surface area contributed by atoms with Crippen LogP contribution >= 0.6 is 0 Å². The summed E-state index contributed by atoms with van der Waals surface area (Å²) in [7, 11) is -4.08. The molecule has 1 aliphatic rings. The lowest BCUT2D eigenvalue weighted by Crippen LogP contribution is -2.52. The molecule has 5 nitrogen and oxygen atoms in total. The predicted octanol–water partition coefficient (Wildman–Crippen LogP) is 4.69. The molecule has 1 aromatic rings. The number of hydrogen-bond acceptors (Lipinski definition) is 5. The molecular weight excluding hydrogens is 390 g/mol. The minimum absolute atomic E-state index is 0.0289. The van der Waals surface area contributed by atoms with Crippen molar-refractivity contribution in [3.8, 4) is 0 Å². The Morgan fingerprint density at radius 1 is 1.07 bits per heavy atom. The highest BCUT2D eigenvalue weighted by Crippen LogP contribution is 2.45. The van der Waals surface area contributed by atoms with Gasteiger partial charge in [-0.1, -0.05) is 20.8 Å². The monoisotopic (exact) mass is 421 g/mol. The van der Waals surface area contributed by atoms with E-state index in [4.69, 9.17) is 18.2 Å². The fourth-order valence-corrected chi connectivity index (χ4v) is 3.75. The molecule has 0 spiro atoms. The Morgan fingerprint density at radius 3 is 1.93 bits per heavy atom. The third kappa shape index (κ3) is 3.93. The van der Waals surface area contributed by atoms with Gasteiger partial charge in [-0.05, 0) is 45.8 Å². The maximum absolute atomic E-state index is 15.8. The Hall–Kier alpha value is -0.838. The Morgan fingerprint density at radius 2 is 1.54 bits per heavy atom. The number of nitrogens with zero attached hydrogens (tertiary/aromatic N) is 1. The summed E-state index contributed by atoms with van der Waals surface area (Å²) in [6.07, 6.45) is -3.47. The third-order valence-electron chi connectivity index (χ3n) is 6.04. The molecule has 1 aliphatic heterocycles. The van der Waals surface area contributed by atoms with Crippen LogP contribution in [0.15, 0.2) is 4.42 Å². The normalized spacial score (nSPS) is 22.0. The lowest BCUT2D eigenvalue weighted by Gasteiger charge is -2.41. The fraction of sp³-hybridized carbons (Fsp3) is 0.833. The van der Waals surface area contributed by atoms with Crippen LogP contribution in [0.5, 0.6) is 0 Å². The number of aryl methyl sites for hydroxylation is 1. The zero-order valence-corrected chi connectivity index (χ0v) is 19.4. The van der Waals surface area contributed by atoms with Crippen LogP contribution in [0, 0.1) is 6.92 Å². The second-order valence-corrected chi connectivity index (χ2v) is 14.6. The van der Waals surface area contributed by atoms with Crippen LogP contribution in [-0.2, 0) is 19.6 Å². The van der Waals surface area contributed by atoms with Gasteiger partial charge in [-0.25, -0.2) is 13.8 Å². The van der Waals surface area contributed by atoms with Gasteiger partial charge in [0.05, 0.1) is 11.2 Å². The highest BCUT2D eigenvalue weighted by molar-refractivity contribution is 6.74. The van der Waals surface area contributed by atoms with E-state index in [0.717, 1.165) is 0 Å². The molecule has 0 saturated carbocycles. The van der Waals surface area contributed by atoms with Crippen molar-refractivity contribution in [1.29, 1.82) is 0 Å². The second kappa shape index (κ2) is 6.85. The highest BCUT2D eigenvalue weighted by Gasteiger charge is 2.59. The van der Waals surface area contributed by atoms with E-state index in [1.54, 1.807) is 40.8 Å². The van der Waals surface area contributed by atoms with Crippen LogP contribution in [0.1, 0.15) is 60.1 Å². The zero-order valence-electron chi connectivity index (χ0n) is 18.4. The molecule has 1 aromatic heterocycles. The van der Waals surface area contributed by atoms with E-state index >= 15 is 4.39 Å².